The maximum atomic E-state index is 13.8. The summed E-state index contributed by atoms with van der Waals surface area (Å²) in [6, 6.07) is 5.29. The summed E-state index contributed by atoms with van der Waals surface area (Å²) >= 11 is 11.5. The Kier molecular flexibility index (Phi) is 8.57. The van der Waals surface area contributed by atoms with E-state index < -0.39 is 59.5 Å². The molecule has 2 aromatic rings. The SMILES string of the molecule is O=C(NC1(C(=O)NCC(F)(F)F)CC1)c1ccc(/C=C/C(c2cc(Cl)cc(Cl)c2)C(F)(F)F)cc1C(F)(F)F. The molecule has 0 bridgehead atoms. The number of benzene rings is 2. The third-order valence-corrected chi connectivity index (χ3v) is 6.09. The Morgan fingerprint density at radius 1 is 0.923 bits per heavy atom. The average molecular weight is 607 g/mol. The molecule has 0 radical (unpaired) electrons. The Labute approximate surface area is 225 Å². The van der Waals surface area contributed by atoms with Crippen molar-refractivity contribution in [2.45, 2.75) is 42.8 Å². The number of carbonyl (C=O) groups excluding carboxylic acids is 2. The zero-order valence-corrected chi connectivity index (χ0v) is 20.8. The second-order valence-electron chi connectivity index (χ2n) is 8.72. The monoisotopic (exact) mass is 606 g/mol. The zero-order valence-electron chi connectivity index (χ0n) is 19.3. The number of allylic oxidation sites excluding steroid dienone is 1. The summed E-state index contributed by atoms with van der Waals surface area (Å²) in [6.45, 7) is -1.70. The van der Waals surface area contributed by atoms with Gasteiger partial charge in [0.05, 0.1) is 17.0 Å². The van der Waals surface area contributed by atoms with Crippen molar-refractivity contribution in [3.63, 3.8) is 0 Å². The van der Waals surface area contributed by atoms with E-state index in [9.17, 15) is 49.1 Å². The Hall–Kier alpha value is -2.93. The smallest absolute Gasteiger partial charge is 0.345 e. The van der Waals surface area contributed by atoms with Gasteiger partial charge in [-0.25, -0.2) is 0 Å². The lowest BCUT2D eigenvalue weighted by Gasteiger charge is -2.20. The molecule has 1 aliphatic carbocycles. The van der Waals surface area contributed by atoms with Gasteiger partial charge in [0.15, 0.2) is 0 Å². The van der Waals surface area contributed by atoms with Crippen molar-refractivity contribution in [2.75, 3.05) is 6.54 Å². The molecule has 2 amide bonds. The van der Waals surface area contributed by atoms with Gasteiger partial charge < -0.3 is 10.6 Å². The van der Waals surface area contributed by atoms with Crippen LogP contribution in [0.5, 0.6) is 0 Å². The Morgan fingerprint density at radius 3 is 2.00 bits per heavy atom. The highest BCUT2D eigenvalue weighted by atomic mass is 35.5. The van der Waals surface area contributed by atoms with Gasteiger partial charge in [-0.05, 0) is 54.3 Å². The number of nitrogens with one attached hydrogen (secondary N) is 2. The van der Waals surface area contributed by atoms with Crippen LogP contribution in [0.3, 0.4) is 0 Å². The summed E-state index contributed by atoms with van der Waals surface area (Å²) in [5.74, 6) is -4.88. The Morgan fingerprint density at radius 2 is 1.51 bits per heavy atom. The minimum atomic E-state index is -5.14. The number of amides is 2. The van der Waals surface area contributed by atoms with Gasteiger partial charge in [-0.1, -0.05) is 41.4 Å². The highest BCUT2D eigenvalue weighted by Crippen LogP contribution is 2.40. The van der Waals surface area contributed by atoms with E-state index in [0.29, 0.717) is 18.2 Å². The molecule has 1 saturated carbocycles. The van der Waals surface area contributed by atoms with Gasteiger partial charge >= 0.3 is 18.5 Å². The van der Waals surface area contributed by atoms with Crippen LogP contribution in [-0.4, -0.2) is 36.3 Å². The molecule has 39 heavy (non-hydrogen) atoms. The first-order valence-electron chi connectivity index (χ1n) is 10.9. The Bertz CT molecular complexity index is 1260. The third-order valence-electron chi connectivity index (χ3n) is 5.66. The first kappa shape index (κ1) is 30.6. The minimum Gasteiger partial charge on any atom is -0.345 e. The molecule has 0 spiro atoms. The van der Waals surface area contributed by atoms with Gasteiger partial charge in [0.2, 0.25) is 5.91 Å². The highest BCUT2D eigenvalue weighted by Gasteiger charge is 2.52. The summed E-state index contributed by atoms with van der Waals surface area (Å²) < 4.78 is 120. The van der Waals surface area contributed by atoms with Crippen LogP contribution in [0.15, 0.2) is 42.5 Å². The zero-order chi connectivity index (χ0) is 29.4. The molecule has 2 aromatic carbocycles. The van der Waals surface area contributed by atoms with Crippen molar-refractivity contribution in [2.24, 2.45) is 0 Å². The second-order valence-corrected chi connectivity index (χ2v) is 9.59. The van der Waals surface area contributed by atoms with E-state index in [2.05, 4.69) is 0 Å². The number of carbonyl (C=O) groups is 2. The van der Waals surface area contributed by atoms with E-state index in [-0.39, 0.29) is 34.0 Å². The average Bonchev–Trinajstić information content (AvgIpc) is 3.55. The molecule has 2 N–H and O–H groups in total. The number of hydrogen-bond donors (Lipinski definition) is 2. The standard InChI is InChI=1S/C24H17Cl2F9N2O2/c25-14-8-13(9-15(26)10-14)17(23(30,31)32)4-2-12-1-3-16(18(7-12)24(33,34)35)19(38)37-21(5-6-21)20(39)36-11-22(27,28)29/h1-4,7-10,17H,5-6,11H2,(H,36,39)(H,37,38)/b4-2+. The normalized spacial score (nSPS) is 16.2. The van der Waals surface area contributed by atoms with E-state index in [4.69, 9.17) is 23.2 Å². The molecule has 1 atom stereocenters. The van der Waals surface area contributed by atoms with Crippen LogP contribution in [0, 0.1) is 0 Å². The van der Waals surface area contributed by atoms with Crippen molar-refractivity contribution in [1.82, 2.24) is 10.6 Å². The van der Waals surface area contributed by atoms with Crippen molar-refractivity contribution >= 4 is 41.1 Å². The van der Waals surface area contributed by atoms with Crippen molar-refractivity contribution < 1.29 is 49.1 Å². The molecule has 1 aliphatic rings. The summed E-state index contributed by atoms with van der Waals surface area (Å²) in [6.07, 6.45) is -13.6. The summed E-state index contributed by atoms with van der Waals surface area (Å²) in [4.78, 5) is 24.7. The molecule has 4 nitrogen and oxygen atoms in total. The first-order valence-corrected chi connectivity index (χ1v) is 11.7. The van der Waals surface area contributed by atoms with Gasteiger partial charge in [-0.2, -0.15) is 39.5 Å². The van der Waals surface area contributed by atoms with Crippen LogP contribution in [-0.2, 0) is 11.0 Å². The molecule has 0 saturated heterocycles. The predicted octanol–water partition coefficient (Wildman–Crippen LogP) is 7.31. The van der Waals surface area contributed by atoms with Crippen molar-refractivity contribution in [1.29, 1.82) is 0 Å². The van der Waals surface area contributed by atoms with Crippen molar-refractivity contribution in [3.8, 4) is 0 Å². The number of hydrogen-bond acceptors (Lipinski definition) is 2. The second kappa shape index (κ2) is 10.9. The van der Waals surface area contributed by atoms with Crippen LogP contribution >= 0.6 is 23.2 Å². The fraction of sp³-hybridized carbons (Fsp3) is 0.333. The van der Waals surface area contributed by atoms with E-state index in [1.165, 1.54) is 6.07 Å². The lowest BCUT2D eigenvalue weighted by molar-refractivity contribution is -0.140. The molecule has 1 unspecified atom stereocenters. The molecule has 0 aromatic heterocycles. The molecule has 0 heterocycles. The molecule has 3 rings (SSSR count). The van der Waals surface area contributed by atoms with Crippen LogP contribution in [0.2, 0.25) is 10.0 Å². The van der Waals surface area contributed by atoms with E-state index in [1.807, 2.05) is 5.32 Å². The fourth-order valence-corrected chi connectivity index (χ4v) is 4.18. The summed E-state index contributed by atoms with van der Waals surface area (Å²) in [5, 5.41) is 3.45. The van der Waals surface area contributed by atoms with Crippen LogP contribution in [0.25, 0.3) is 6.08 Å². The predicted molar refractivity (Wildman–Crippen MR) is 124 cm³/mol. The molecule has 15 heteroatoms. The maximum absolute atomic E-state index is 13.8. The lowest BCUT2D eigenvalue weighted by Crippen LogP contribution is -2.51. The molecular formula is C24H17Cl2F9N2O2. The maximum Gasteiger partial charge on any atom is 0.417 e. The topological polar surface area (TPSA) is 58.2 Å². The van der Waals surface area contributed by atoms with Gasteiger partial charge in [-0.15, -0.1) is 0 Å². The van der Waals surface area contributed by atoms with Gasteiger partial charge in [0.1, 0.15) is 12.1 Å². The third kappa shape index (κ3) is 8.04. The fourth-order valence-electron chi connectivity index (χ4n) is 3.64. The number of halogens is 11. The minimum absolute atomic E-state index is 0.0876. The summed E-state index contributed by atoms with van der Waals surface area (Å²) in [7, 11) is 0. The van der Waals surface area contributed by atoms with Crippen LogP contribution in [0.1, 0.15) is 45.8 Å². The highest BCUT2D eigenvalue weighted by molar-refractivity contribution is 6.34. The Balaban J connectivity index is 1.89. The number of rotatable bonds is 7. The summed E-state index contributed by atoms with van der Waals surface area (Å²) in [5.41, 5.74) is -5.00. The van der Waals surface area contributed by atoms with E-state index >= 15 is 0 Å². The molecule has 212 valence electrons. The van der Waals surface area contributed by atoms with Crippen molar-refractivity contribution in [3.05, 3.63) is 74.8 Å². The van der Waals surface area contributed by atoms with Gasteiger partial charge in [0, 0.05) is 10.0 Å². The molecule has 1 fully saturated rings. The quantitative estimate of drug-likeness (QED) is 0.325. The van der Waals surface area contributed by atoms with Crippen LogP contribution in [0.4, 0.5) is 39.5 Å². The molecular weight excluding hydrogens is 590 g/mol. The van der Waals surface area contributed by atoms with E-state index in [1.54, 1.807) is 5.32 Å². The lowest BCUT2D eigenvalue weighted by atomic mass is 9.96. The van der Waals surface area contributed by atoms with Gasteiger partial charge in [0.25, 0.3) is 5.91 Å². The van der Waals surface area contributed by atoms with Gasteiger partial charge in [-0.3, -0.25) is 9.59 Å². The molecule has 0 aliphatic heterocycles. The largest absolute Gasteiger partial charge is 0.417 e. The first-order chi connectivity index (χ1) is 17.8. The van der Waals surface area contributed by atoms with Crippen LogP contribution < -0.4 is 10.6 Å². The van der Waals surface area contributed by atoms with E-state index in [0.717, 1.165) is 24.3 Å². The number of alkyl halides is 9.